The van der Waals surface area contributed by atoms with Gasteiger partial charge in [-0.2, -0.15) is 13.2 Å². The molecule has 0 fully saturated rings. The zero-order valence-electron chi connectivity index (χ0n) is 8.21. The zero-order chi connectivity index (χ0) is 12.8. The molecule has 5 nitrogen and oxygen atoms in total. The van der Waals surface area contributed by atoms with Gasteiger partial charge in [0.2, 0.25) is 11.8 Å². The minimum absolute atomic E-state index is 0.171. The number of nitrogens with one attached hydrogen (secondary N) is 1. The van der Waals surface area contributed by atoms with Crippen LogP contribution in [0.4, 0.5) is 13.2 Å². The van der Waals surface area contributed by atoms with Gasteiger partial charge in [0.15, 0.2) is 0 Å². The molecular weight excluding hydrogens is 247 g/mol. The predicted molar refractivity (Wildman–Crippen MR) is 53.3 cm³/mol. The van der Waals surface area contributed by atoms with Crippen molar-refractivity contribution in [1.29, 1.82) is 0 Å². The lowest BCUT2D eigenvalue weighted by Crippen LogP contribution is -2.43. The van der Waals surface area contributed by atoms with Crippen molar-refractivity contribution in [2.45, 2.75) is 18.0 Å². The van der Waals surface area contributed by atoms with Gasteiger partial charge in [0.25, 0.3) is 0 Å². The van der Waals surface area contributed by atoms with Crippen molar-refractivity contribution in [3.8, 4) is 0 Å². The van der Waals surface area contributed by atoms with Crippen LogP contribution in [0.2, 0.25) is 0 Å². The molecule has 1 atom stereocenters. The molecule has 5 N–H and O–H groups in total. The highest BCUT2D eigenvalue weighted by molar-refractivity contribution is 8.00. The van der Waals surface area contributed by atoms with Crippen LogP contribution in [-0.2, 0) is 9.59 Å². The van der Waals surface area contributed by atoms with Crippen LogP contribution < -0.4 is 16.8 Å². The zero-order valence-corrected chi connectivity index (χ0v) is 9.03. The molecule has 0 aromatic carbocycles. The summed E-state index contributed by atoms with van der Waals surface area (Å²) in [5.41, 5.74) is 5.72. The van der Waals surface area contributed by atoms with E-state index in [0.29, 0.717) is 0 Å². The van der Waals surface area contributed by atoms with Gasteiger partial charge in [0.05, 0.1) is 12.5 Å². The van der Waals surface area contributed by atoms with E-state index in [1.54, 1.807) is 0 Å². The van der Waals surface area contributed by atoms with Gasteiger partial charge in [-0.1, -0.05) is 0 Å². The van der Waals surface area contributed by atoms with Gasteiger partial charge >= 0.3 is 5.51 Å². The second-order valence-corrected chi connectivity index (χ2v) is 4.02. The maximum absolute atomic E-state index is 11.7. The van der Waals surface area contributed by atoms with Crippen LogP contribution in [-0.4, -0.2) is 35.7 Å². The van der Waals surface area contributed by atoms with Crippen molar-refractivity contribution in [3.05, 3.63) is 0 Å². The maximum atomic E-state index is 11.7. The smallest absolute Gasteiger partial charge is 0.370 e. The normalized spacial score (nSPS) is 13.2. The Morgan fingerprint density at radius 2 is 1.94 bits per heavy atom. The Labute approximate surface area is 94.1 Å². The molecule has 1 unspecified atom stereocenters. The summed E-state index contributed by atoms with van der Waals surface area (Å²) in [7, 11) is 0. The Bertz CT molecular complexity index is 260. The molecule has 0 spiro atoms. The van der Waals surface area contributed by atoms with Gasteiger partial charge < -0.3 is 16.8 Å². The van der Waals surface area contributed by atoms with Gasteiger partial charge in [-0.3, -0.25) is 9.59 Å². The fourth-order valence-electron chi connectivity index (χ4n) is 0.782. The first-order valence-corrected chi connectivity index (χ1v) is 5.23. The number of primary amides is 1. The number of hydrogen-bond acceptors (Lipinski definition) is 4. The lowest BCUT2D eigenvalue weighted by Gasteiger charge is -2.10. The molecule has 0 aliphatic heterocycles. The second kappa shape index (κ2) is 6.59. The first-order valence-electron chi connectivity index (χ1n) is 4.24. The summed E-state index contributed by atoms with van der Waals surface area (Å²) in [4.78, 5) is 21.5. The van der Waals surface area contributed by atoms with Gasteiger partial charge in [0.1, 0.15) is 0 Å². The van der Waals surface area contributed by atoms with E-state index in [4.69, 9.17) is 11.5 Å². The molecule has 0 heterocycles. The quantitative estimate of drug-likeness (QED) is 0.563. The number of carbonyl (C=O) groups is 2. The standard InChI is InChI=1S/C7H12F3N3O2S/c8-7(9,10)16-2-1-13-6(15)4(11)3-5(12)14/h4H,1-3,11H2,(H2,12,14)(H,13,15). The van der Waals surface area contributed by atoms with Crippen molar-refractivity contribution in [2.75, 3.05) is 12.3 Å². The minimum atomic E-state index is -4.32. The summed E-state index contributed by atoms with van der Waals surface area (Å²) in [6, 6.07) is -1.12. The van der Waals surface area contributed by atoms with Crippen LogP contribution in [0.1, 0.15) is 6.42 Å². The molecular formula is C7H12F3N3O2S. The van der Waals surface area contributed by atoms with Gasteiger partial charge in [-0.05, 0) is 11.8 Å². The third kappa shape index (κ3) is 8.36. The van der Waals surface area contributed by atoms with Crippen molar-refractivity contribution in [2.24, 2.45) is 11.5 Å². The first-order chi connectivity index (χ1) is 7.22. The van der Waals surface area contributed by atoms with E-state index in [-0.39, 0.29) is 30.5 Å². The van der Waals surface area contributed by atoms with Gasteiger partial charge in [-0.25, -0.2) is 0 Å². The number of alkyl halides is 3. The molecule has 0 aliphatic carbocycles. The summed E-state index contributed by atoms with van der Waals surface area (Å²) in [6.45, 7) is -0.171. The van der Waals surface area contributed by atoms with E-state index in [9.17, 15) is 22.8 Å². The van der Waals surface area contributed by atoms with E-state index < -0.39 is 23.4 Å². The average Bonchev–Trinajstić information content (AvgIpc) is 2.09. The van der Waals surface area contributed by atoms with Crippen LogP contribution in [0, 0.1) is 0 Å². The summed E-state index contributed by atoms with van der Waals surface area (Å²) in [6.07, 6.45) is -0.335. The molecule has 16 heavy (non-hydrogen) atoms. The van der Waals surface area contributed by atoms with E-state index >= 15 is 0 Å². The van der Waals surface area contributed by atoms with Crippen LogP contribution in [0.5, 0.6) is 0 Å². The Morgan fingerprint density at radius 3 is 2.38 bits per heavy atom. The maximum Gasteiger partial charge on any atom is 0.441 e. The number of thioether (sulfide) groups is 1. The highest BCUT2D eigenvalue weighted by Crippen LogP contribution is 2.29. The third-order valence-electron chi connectivity index (χ3n) is 1.42. The summed E-state index contributed by atoms with van der Waals surface area (Å²) in [5, 5.41) is 2.17. The highest BCUT2D eigenvalue weighted by atomic mass is 32.2. The fourth-order valence-corrected chi connectivity index (χ4v) is 1.22. The average molecular weight is 259 g/mol. The van der Waals surface area contributed by atoms with Gasteiger partial charge in [0, 0.05) is 12.3 Å². The predicted octanol–water partition coefficient (Wildman–Crippen LogP) is -0.442. The SMILES string of the molecule is NC(=O)CC(N)C(=O)NCCSC(F)(F)F. The van der Waals surface area contributed by atoms with Crippen LogP contribution in [0.3, 0.4) is 0 Å². The molecule has 94 valence electrons. The summed E-state index contributed by atoms with van der Waals surface area (Å²) in [5.74, 6) is -1.74. The molecule has 0 aliphatic rings. The molecule has 0 saturated heterocycles. The molecule has 2 amide bonds. The van der Waals surface area contributed by atoms with Crippen molar-refractivity contribution in [1.82, 2.24) is 5.32 Å². The number of carbonyl (C=O) groups excluding carboxylic acids is 2. The molecule has 0 aromatic heterocycles. The fraction of sp³-hybridized carbons (Fsp3) is 0.714. The Morgan fingerprint density at radius 1 is 1.38 bits per heavy atom. The molecule has 9 heteroatoms. The molecule has 0 rings (SSSR count). The largest absolute Gasteiger partial charge is 0.441 e. The first kappa shape index (κ1) is 15.0. The van der Waals surface area contributed by atoms with Crippen molar-refractivity contribution < 1.29 is 22.8 Å². The number of hydrogen-bond donors (Lipinski definition) is 3. The summed E-state index contributed by atoms with van der Waals surface area (Å²) < 4.78 is 35.0. The minimum Gasteiger partial charge on any atom is -0.370 e. The topological polar surface area (TPSA) is 98.2 Å². The number of rotatable bonds is 6. The van der Waals surface area contributed by atoms with Crippen LogP contribution >= 0.6 is 11.8 Å². The lowest BCUT2D eigenvalue weighted by molar-refractivity contribution is -0.126. The van der Waals surface area contributed by atoms with E-state index in [1.807, 2.05) is 0 Å². The third-order valence-corrected chi connectivity index (χ3v) is 2.16. The Hall–Kier alpha value is -0.960. The summed E-state index contributed by atoms with van der Waals surface area (Å²) >= 11 is -0.246. The van der Waals surface area contributed by atoms with Crippen molar-refractivity contribution >= 4 is 23.6 Å². The van der Waals surface area contributed by atoms with Gasteiger partial charge in [-0.15, -0.1) is 0 Å². The van der Waals surface area contributed by atoms with Crippen LogP contribution in [0.25, 0.3) is 0 Å². The Balaban J connectivity index is 3.69. The number of nitrogens with two attached hydrogens (primary N) is 2. The van der Waals surface area contributed by atoms with E-state index in [2.05, 4.69) is 5.32 Å². The number of amides is 2. The van der Waals surface area contributed by atoms with Crippen LogP contribution in [0.15, 0.2) is 0 Å². The monoisotopic (exact) mass is 259 g/mol. The second-order valence-electron chi connectivity index (χ2n) is 2.86. The molecule has 0 saturated carbocycles. The molecule has 0 radical (unpaired) electrons. The number of halogens is 3. The molecule has 0 aromatic rings. The highest BCUT2D eigenvalue weighted by Gasteiger charge is 2.27. The van der Waals surface area contributed by atoms with E-state index in [0.717, 1.165) is 0 Å². The van der Waals surface area contributed by atoms with Crippen molar-refractivity contribution in [3.63, 3.8) is 0 Å². The lowest BCUT2D eigenvalue weighted by atomic mass is 10.2. The van der Waals surface area contributed by atoms with E-state index in [1.165, 1.54) is 0 Å². The molecule has 0 bridgehead atoms. The Kier molecular flexibility index (Phi) is 6.19.